The van der Waals surface area contributed by atoms with Crippen molar-refractivity contribution in [2.24, 2.45) is 0 Å². The summed E-state index contributed by atoms with van der Waals surface area (Å²) < 4.78 is 12.9. The van der Waals surface area contributed by atoms with Gasteiger partial charge in [0.05, 0.1) is 5.56 Å². The smallest absolute Gasteiger partial charge is 0.168 e. The number of hydrogen-bond donors (Lipinski definition) is 0. The van der Waals surface area contributed by atoms with Gasteiger partial charge in [-0.25, -0.2) is 15.0 Å². The van der Waals surface area contributed by atoms with E-state index in [2.05, 4.69) is 84.9 Å². The summed E-state index contributed by atoms with van der Waals surface area (Å²) in [5.74, 6) is 1.72. The average molecular weight is 642 g/mol. The Labute approximate surface area is 287 Å². The molecule has 0 aliphatic rings. The first-order valence-electron chi connectivity index (χ1n) is 16.6. The number of rotatable bonds is 5. The molecule has 5 nitrogen and oxygen atoms in total. The monoisotopic (exact) mass is 641 g/mol. The van der Waals surface area contributed by atoms with Crippen molar-refractivity contribution in [2.45, 2.75) is 0 Å². The Morgan fingerprint density at radius 2 is 0.820 bits per heavy atom. The van der Waals surface area contributed by atoms with Crippen LogP contribution in [0.3, 0.4) is 0 Å². The summed E-state index contributed by atoms with van der Waals surface area (Å²) in [5.41, 5.74) is 10.1. The SMILES string of the molecule is c1ccc(-c2ccc(-c3nc(-c4ccccc4)nc(-c4c(-c5ccc6oc7ccccc7c6c5)ccc5c4oc4ccccc45)n3)cc2)cc1. The molecule has 0 spiro atoms. The topological polar surface area (TPSA) is 65.0 Å². The summed E-state index contributed by atoms with van der Waals surface area (Å²) in [6.07, 6.45) is 0. The zero-order valence-electron chi connectivity index (χ0n) is 26.7. The lowest BCUT2D eigenvalue weighted by Crippen LogP contribution is -2.01. The zero-order chi connectivity index (χ0) is 33.0. The summed E-state index contributed by atoms with van der Waals surface area (Å²) in [7, 11) is 0. The van der Waals surface area contributed by atoms with Gasteiger partial charge >= 0.3 is 0 Å². The maximum atomic E-state index is 6.68. The molecule has 0 saturated heterocycles. The molecule has 7 aromatic carbocycles. The molecule has 0 aliphatic heterocycles. The third-order valence-electron chi connectivity index (χ3n) is 9.38. The Bertz CT molecular complexity index is 2850. The predicted octanol–water partition coefficient (Wildman–Crippen LogP) is 12.0. The van der Waals surface area contributed by atoms with E-state index in [1.807, 2.05) is 78.9 Å². The molecule has 5 heteroatoms. The molecule has 3 aromatic heterocycles. The van der Waals surface area contributed by atoms with Crippen LogP contribution in [0.15, 0.2) is 173 Å². The number of benzene rings is 7. The molecule has 0 bridgehead atoms. The first kappa shape index (κ1) is 28.2. The number of fused-ring (bicyclic) bond motifs is 6. The van der Waals surface area contributed by atoms with Crippen molar-refractivity contribution in [3.8, 4) is 56.4 Å². The second-order valence-electron chi connectivity index (χ2n) is 12.4. The quantitative estimate of drug-likeness (QED) is 0.187. The maximum absolute atomic E-state index is 6.68. The second kappa shape index (κ2) is 11.4. The molecule has 0 amide bonds. The Balaban J connectivity index is 1.24. The van der Waals surface area contributed by atoms with Crippen LogP contribution in [0.5, 0.6) is 0 Å². The van der Waals surface area contributed by atoms with Crippen LogP contribution in [0.25, 0.3) is 100 Å². The number of para-hydroxylation sites is 2. The molecule has 3 heterocycles. The molecule has 50 heavy (non-hydrogen) atoms. The minimum absolute atomic E-state index is 0.540. The van der Waals surface area contributed by atoms with Crippen LogP contribution in [-0.4, -0.2) is 15.0 Å². The number of furan rings is 2. The van der Waals surface area contributed by atoms with E-state index in [-0.39, 0.29) is 0 Å². The minimum Gasteiger partial charge on any atom is -0.456 e. The molecular formula is C45H27N3O2. The van der Waals surface area contributed by atoms with Crippen molar-refractivity contribution in [3.05, 3.63) is 164 Å². The fraction of sp³-hybridized carbons (Fsp3) is 0. The van der Waals surface area contributed by atoms with Gasteiger partial charge in [-0.15, -0.1) is 0 Å². The van der Waals surface area contributed by atoms with E-state index >= 15 is 0 Å². The summed E-state index contributed by atoms with van der Waals surface area (Å²) in [6.45, 7) is 0. The van der Waals surface area contributed by atoms with Crippen molar-refractivity contribution >= 4 is 43.9 Å². The Morgan fingerprint density at radius 3 is 1.54 bits per heavy atom. The van der Waals surface area contributed by atoms with Crippen molar-refractivity contribution in [1.82, 2.24) is 15.0 Å². The lowest BCUT2D eigenvalue weighted by molar-refractivity contribution is 0.669. The van der Waals surface area contributed by atoms with E-state index < -0.39 is 0 Å². The van der Waals surface area contributed by atoms with E-state index in [1.54, 1.807) is 0 Å². The first-order valence-corrected chi connectivity index (χ1v) is 16.6. The molecule has 0 unspecified atom stereocenters. The van der Waals surface area contributed by atoms with Crippen LogP contribution >= 0.6 is 0 Å². The fourth-order valence-electron chi connectivity index (χ4n) is 6.92. The van der Waals surface area contributed by atoms with Crippen molar-refractivity contribution in [2.75, 3.05) is 0 Å². The third-order valence-corrected chi connectivity index (χ3v) is 9.38. The Kier molecular flexibility index (Phi) is 6.42. The largest absolute Gasteiger partial charge is 0.456 e. The van der Waals surface area contributed by atoms with Gasteiger partial charge in [0.1, 0.15) is 22.3 Å². The minimum atomic E-state index is 0.540. The summed E-state index contributed by atoms with van der Waals surface area (Å²) in [6, 6.07) is 55.7. The fourth-order valence-corrected chi connectivity index (χ4v) is 6.92. The maximum Gasteiger partial charge on any atom is 0.168 e. The second-order valence-corrected chi connectivity index (χ2v) is 12.4. The summed E-state index contributed by atoms with van der Waals surface area (Å²) in [5, 5.41) is 4.17. The van der Waals surface area contributed by atoms with Crippen LogP contribution in [0.2, 0.25) is 0 Å². The zero-order valence-corrected chi connectivity index (χ0v) is 26.7. The van der Waals surface area contributed by atoms with E-state index in [4.69, 9.17) is 23.8 Å². The van der Waals surface area contributed by atoms with E-state index in [1.165, 1.54) is 0 Å². The van der Waals surface area contributed by atoms with Gasteiger partial charge in [0.25, 0.3) is 0 Å². The van der Waals surface area contributed by atoms with E-state index in [9.17, 15) is 0 Å². The number of nitrogens with zero attached hydrogens (tertiary/aromatic N) is 3. The van der Waals surface area contributed by atoms with Gasteiger partial charge in [-0.05, 0) is 52.6 Å². The molecule has 0 saturated carbocycles. The van der Waals surface area contributed by atoms with Gasteiger partial charge in [0, 0.05) is 32.7 Å². The molecule has 10 rings (SSSR count). The molecule has 0 fully saturated rings. The number of aromatic nitrogens is 3. The van der Waals surface area contributed by atoms with Gasteiger partial charge in [-0.3, -0.25) is 0 Å². The normalized spacial score (nSPS) is 11.6. The van der Waals surface area contributed by atoms with Crippen molar-refractivity contribution < 1.29 is 8.83 Å². The standard InChI is InChI=1S/C45H27N3O2/c1-3-11-28(12-4-1)29-19-21-31(22-20-29)44-46-43(30-13-5-2-6-14-30)47-45(48-44)41-33(24-25-36-34-15-7-10-18-39(34)50-42(36)41)32-23-26-40-37(27-32)35-16-8-9-17-38(35)49-40/h1-27H. The molecule has 234 valence electrons. The van der Waals surface area contributed by atoms with Gasteiger partial charge in [0.15, 0.2) is 17.5 Å². The molecule has 0 radical (unpaired) electrons. The highest BCUT2D eigenvalue weighted by molar-refractivity contribution is 6.13. The lowest BCUT2D eigenvalue weighted by Gasteiger charge is -2.13. The van der Waals surface area contributed by atoms with Crippen LogP contribution in [0.1, 0.15) is 0 Å². The Hall–Kier alpha value is -6.85. The van der Waals surface area contributed by atoms with E-state index in [0.717, 1.165) is 82.8 Å². The van der Waals surface area contributed by atoms with Gasteiger partial charge in [0.2, 0.25) is 0 Å². The highest BCUT2D eigenvalue weighted by Gasteiger charge is 2.22. The van der Waals surface area contributed by atoms with Crippen LogP contribution < -0.4 is 0 Å². The van der Waals surface area contributed by atoms with E-state index in [0.29, 0.717) is 17.5 Å². The third kappa shape index (κ3) is 4.67. The molecule has 0 aliphatic carbocycles. The van der Waals surface area contributed by atoms with Crippen LogP contribution in [0, 0.1) is 0 Å². The highest BCUT2D eigenvalue weighted by atomic mass is 16.3. The average Bonchev–Trinajstić information content (AvgIpc) is 3.76. The van der Waals surface area contributed by atoms with Gasteiger partial charge in [-0.2, -0.15) is 0 Å². The van der Waals surface area contributed by atoms with Crippen molar-refractivity contribution in [3.63, 3.8) is 0 Å². The van der Waals surface area contributed by atoms with Crippen molar-refractivity contribution in [1.29, 1.82) is 0 Å². The Morgan fingerprint density at radius 1 is 0.320 bits per heavy atom. The molecule has 0 atom stereocenters. The summed E-state index contributed by atoms with van der Waals surface area (Å²) >= 11 is 0. The first-order chi connectivity index (χ1) is 24.8. The molecule has 0 N–H and O–H groups in total. The predicted molar refractivity (Wildman–Crippen MR) is 202 cm³/mol. The molecule has 10 aromatic rings. The van der Waals surface area contributed by atoms with Crippen LogP contribution in [-0.2, 0) is 0 Å². The highest BCUT2D eigenvalue weighted by Crippen LogP contribution is 2.43. The lowest BCUT2D eigenvalue weighted by atomic mass is 9.95. The number of hydrogen-bond acceptors (Lipinski definition) is 5. The summed E-state index contributed by atoms with van der Waals surface area (Å²) in [4.78, 5) is 15.4. The van der Waals surface area contributed by atoms with Crippen LogP contribution in [0.4, 0.5) is 0 Å². The van der Waals surface area contributed by atoms with Gasteiger partial charge in [-0.1, -0.05) is 133 Å². The van der Waals surface area contributed by atoms with Gasteiger partial charge < -0.3 is 8.83 Å². The molecular weight excluding hydrogens is 615 g/mol.